The summed E-state index contributed by atoms with van der Waals surface area (Å²) in [7, 11) is -3.80. The Morgan fingerprint density at radius 1 is 1.08 bits per heavy atom. The number of carbonyl (C=O) groups is 1. The highest BCUT2D eigenvalue weighted by atomic mass is 35.5. The van der Waals surface area contributed by atoms with Gasteiger partial charge in [-0.1, -0.05) is 17.7 Å². The van der Waals surface area contributed by atoms with Crippen molar-refractivity contribution >= 4 is 27.4 Å². The molecule has 3 atom stereocenters. The molecule has 8 heteroatoms. The maximum Gasteiger partial charge on any atom is 0.308 e. The molecule has 1 heterocycles. The van der Waals surface area contributed by atoms with Gasteiger partial charge in [0, 0.05) is 10.9 Å². The van der Waals surface area contributed by atoms with Crippen molar-refractivity contribution in [3.63, 3.8) is 0 Å². The van der Waals surface area contributed by atoms with E-state index in [1.165, 1.54) is 24.3 Å². The minimum atomic E-state index is -3.80. The molecule has 0 radical (unpaired) electrons. The minimum absolute atomic E-state index is 0.0661. The smallest absolute Gasteiger partial charge is 0.308 e. The third-order valence-corrected chi connectivity index (χ3v) is 7.01. The molecule has 2 aliphatic rings. The third-order valence-electron chi connectivity index (χ3n) is 4.52. The highest BCUT2D eigenvalue weighted by Gasteiger charge is 2.63. The van der Waals surface area contributed by atoms with Crippen molar-refractivity contribution in [3.8, 4) is 11.5 Å². The molecule has 1 fully saturated rings. The number of hydrogen-bond donors (Lipinski definition) is 1. The van der Waals surface area contributed by atoms with Crippen LogP contribution in [-0.4, -0.2) is 31.5 Å². The zero-order valence-electron chi connectivity index (χ0n) is 12.8. The lowest BCUT2D eigenvalue weighted by molar-refractivity contribution is -0.138. The van der Waals surface area contributed by atoms with Crippen LogP contribution >= 0.6 is 11.6 Å². The first-order valence-electron chi connectivity index (χ1n) is 7.51. The molecular formula is C17H13ClO6S. The van der Waals surface area contributed by atoms with Gasteiger partial charge in [-0.2, -0.15) is 0 Å². The average Bonchev–Trinajstić information content (AvgIpc) is 3.18. The Balaban J connectivity index is 1.71. The number of carboxylic acid groups (broad SMARTS) is 1. The molecule has 0 aromatic heterocycles. The maximum atomic E-state index is 12.9. The first-order valence-corrected chi connectivity index (χ1v) is 9.44. The van der Waals surface area contributed by atoms with E-state index >= 15 is 0 Å². The lowest BCUT2D eigenvalue weighted by atomic mass is 10.1. The highest BCUT2D eigenvalue weighted by molar-refractivity contribution is 7.92. The SMILES string of the molecule is O=C(O)C1C(c2ccc3c(c2)OCO3)C1S(=O)(=O)c1ccc(Cl)cc1. The van der Waals surface area contributed by atoms with Crippen LogP contribution in [0.3, 0.4) is 0 Å². The van der Waals surface area contributed by atoms with Gasteiger partial charge in [0.1, 0.15) is 0 Å². The predicted octanol–water partition coefficient (Wildman–Crippen LogP) is 2.71. The second-order valence-electron chi connectivity index (χ2n) is 5.97. The van der Waals surface area contributed by atoms with Gasteiger partial charge in [-0.15, -0.1) is 0 Å². The fourth-order valence-electron chi connectivity index (χ4n) is 3.26. The number of sulfone groups is 1. The third kappa shape index (κ3) is 2.63. The second-order valence-corrected chi connectivity index (χ2v) is 8.51. The average molecular weight is 381 g/mol. The van der Waals surface area contributed by atoms with Crippen molar-refractivity contribution in [3.05, 3.63) is 53.1 Å². The number of benzene rings is 2. The largest absolute Gasteiger partial charge is 0.481 e. The zero-order chi connectivity index (χ0) is 17.8. The summed E-state index contributed by atoms with van der Waals surface area (Å²) < 4.78 is 36.3. The molecule has 1 saturated carbocycles. The number of aliphatic carboxylic acids is 1. The molecule has 25 heavy (non-hydrogen) atoms. The van der Waals surface area contributed by atoms with Crippen LogP contribution in [0.1, 0.15) is 11.5 Å². The van der Waals surface area contributed by atoms with Crippen molar-refractivity contribution in [1.82, 2.24) is 0 Å². The fraction of sp³-hybridized carbons (Fsp3) is 0.235. The molecule has 2 aromatic rings. The number of ether oxygens (including phenoxy) is 2. The van der Waals surface area contributed by atoms with Crippen LogP contribution in [0.15, 0.2) is 47.4 Å². The van der Waals surface area contributed by atoms with Gasteiger partial charge in [-0.25, -0.2) is 8.42 Å². The number of halogens is 1. The van der Waals surface area contributed by atoms with Crippen LogP contribution < -0.4 is 9.47 Å². The van der Waals surface area contributed by atoms with Gasteiger partial charge in [-0.05, 0) is 42.0 Å². The Labute approximate surface area is 148 Å². The summed E-state index contributed by atoms with van der Waals surface area (Å²) in [4.78, 5) is 11.6. The summed E-state index contributed by atoms with van der Waals surface area (Å²) in [6.07, 6.45) is 0. The molecule has 0 spiro atoms. The first-order chi connectivity index (χ1) is 11.9. The van der Waals surface area contributed by atoms with E-state index in [2.05, 4.69) is 0 Å². The predicted molar refractivity (Wildman–Crippen MR) is 88.9 cm³/mol. The summed E-state index contributed by atoms with van der Waals surface area (Å²) >= 11 is 5.80. The van der Waals surface area contributed by atoms with Crippen LogP contribution in [0.5, 0.6) is 11.5 Å². The molecule has 0 saturated heterocycles. The molecule has 4 rings (SSSR count). The van der Waals surface area contributed by atoms with Crippen molar-refractivity contribution < 1.29 is 27.8 Å². The zero-order valence-corrected chi connectivity index (χ0v) is 14.3. The molecule has 1 N–H and O–H groups in total. The quantitative estimate of drug-likeness (QED) is 0.877. The standard InChI is InChI=1S/C17H13ClO6S/c18-10-2-4-11(5-3-10)25(21,22)16-14(15(16)17(19)20)9-1-6-12-13(7-9)24-8-23-12/h1-7,14-16H,8H2,(H,19,20). The normalized spacial score (nSPS) is 24.1. The van der Waals surface area contributed by atoms with E-state index in [0.717, 1.165) is 0 Å². The summed E-state index contributed by atoms with van der Waals surface area (Å²) in [5, 5.41) is 8.85. The van der Waals surface area contributed by atoms with E-state index in [9.17, 15) is 18.3 Å². The summed E-state index contributed by atoms with van der Waals surface area (Å²) in [6.45, 7) is 0.0955. The second kappa shape index (κ2) is 5.64. The first kappa shape index (κ1) is 16.2. The molecule has 130 valence electrons. The molecule has 1 aliphatic carbocycles. The van der Waals surface area contributed by atoms with E-state index in [1.807, 2.05) is 0 Å². The Hall–Kier alpha value is -2.25. The lowest BCUT2D eigenvalue weighted by Crippen LogP contribution is -2.13. The molecule has 6 nitrogen and oxygen atoms in total. The van der Waals surface area contributed by atoms with Gasteiger partial charge in [0.2, 0.25) is 6.79 Å². The highest BCUT2D eigenvalue weighted by Crippen LogP contribution is 2.55. The van der Waals surface area contributed by atoms with Crippen molar-refractivity contribution in [2.45, 2.75) is 16.1 Å². The van der Waals surface area contributed by atoms with Gasteiger partial charge in [0.05, 0.1) is 16.1 Å². The van der Waals surface area contributed by atoms with Gasteiger partial charge >= 0.3 is 5.97 Å². The van der Waals surface area contributed by atoms with E-state index in [-0.39, 0.29) is 11.7 Å². The van der Waals surface area contributed by atoms with E-state index in [4.69, 9.17) is 21.1 Å². The van der Waals surface area contributed by atoms with Gasteiger partial charge < -0.3 is 14.6 Å². The number of rotatable bonds is 4. The van der Waals surface area contributed by atoms with Crippen LogP contribution in [0, 0.1) is 5.92 Å². The van der Waals surface area contributed by atoms with Crippen LogP contribution in [-0.2, 0) is 14.6 Å². The Bertz CT molecular complexity index is 954. The van der Waals surface area contributed by atoms with Crippen LogP contribution in [0.25, 0.3) is 0 Å². The van der Waals surface area contributed by atoms with E-state index < -0.39 is 32.9 Å². The summed E-state index contributed by atoms with van der Waals surface area (Å²) in [5.74, 6) is -1.71. The molecule has 2 aromatic carbocycles. The van der Waals surface area contributed by atoms with Gasteiger partial charge in [0.25, 0.3) is 0 Å². The number of hydrogen-bond acceptors (Lipinski definition) is 5. The maximum absolute atomic E-state index is 12.9. The molecule has 0 amide bonds. The Kier molecular flexibility index (Phi) is 3.66. The lowest BCUT2D eigenvalue weighted by Gasteiger charge is -2.05. The minimum Gasteiger partial charge on any atom is -0.481 e. The van der Waals surface area contributed by atoms with Crippen molar-refractivity contribution in [1.29, 1.82) is 0 Å². The molecular weight excluding hydrogens is 368 g/mol. The van der Waals surface area contributed by atoms with E-state index in [1.54, 1.807) is 18.2 Å². The van der Waals surface area contributed by atoms with E-state index in [0.29, 0.717) is 22.1 Å². The topological polar surface area (TPSA) is 89.9 Å². The Morgan fingerprint density at radius 3 is 2.44 bits per heavy atom. The number of fused-ring (bicyclic) bond motifs is 1. The summed E-state index contributed by atoms with van der Waals surface area (Å²) in [5.41, 5.74) is 0.610. The number of carboxylic acids is 1. The molecule has 1 aliphatic heterocycles. The van der Waals surface area contributed by atoms with Crippen molar-refractivity contribution in [2.24, 2.45) is 5.92 Å². The van der Waals surface area contributed by atoms with Crippen LogP contribution in [0.2, 0.25) is 5.02 Å². The molecule has 3 unspecified atom stereocenters. The summed E-state index contributed by atoms with van der Waals surface area (Å²) in [6, 6.07) is 10.7. The molecule has 0 bridgehead atoms. The van der Waals surface area contributed by atoms with Crippen LogP contribution in [0.4, 0.5) is 0 Å². The fourth-order valence-corrected chi connectivity index (χ4v) is 5.51. The van der Waals surface area contributed by atoms with Crippen molar-refractivity contribution in [2.75, 3.05) is 6.79 Å². The van der Waals surface area contributed by atoms with Gasteiger partial charge in [0.15, 0.2) is 21.3 Å². The Morgan fingerprint density at radius 2 is 1.76 bits per heavy atom. The van der Waals surface area contributed by atoms with Gasteiger partial charge in [-0.3, -0.25) is 4.79 Å². The monoisotopic (exact) mass is 380 g/mol.